The lowest BCUT2D eigenvalue weighted by molar-refractivity contribution is -0.119. The molecule has 0 aliphatic carbocycles. The molecule has 1 heterocycles. The Hall–Kier alpha value is -3.52. The Morgan fingerprint density at radius 1 is 1.17 bits per heavy atom. The number of amides is 1. The van der Waals surface area contributed by atoms with Crippen molar-refractivity contribution in [1.82, 2.24) is 5.16 Å². The van der Waals surface area contributed by atoms with Crippen LogP contribution in [0.2, 0.25) is 5.02 Å². The van der Waals surface area contributed by atoms with E-state index in [1.54, 1.807) is 24.3 Å². The Kier molecular flexibility index (Phi) is 6.27. The Morgan fingerprint density at radius 2 is 1.90 bits per heavy atom. The Morgan fingerprint density at radius 3 is 2.60 bits per heavy atom. The highest BCUT2D eigenvalue weighted by Gasteiger charge is 2.27. The first kappa shape index (κ1) is 21.2. The Balaban J connectivity index is 1.76. The van der Waals surface area contributed by atoms with E-state index in [0.717, 1.165) is 0 Å². The number of rotatable bonds is 6. The van der Waals surface area contributed by atoms with E-state index in [1.165, 1.54) is 32.0 Å². The molecule has 30 heavy (non-hydrogen) atoms. The molecule has 0 radical (unpaired) electrons. The minimum absolute atomic E-state index is 0.0379. The SMILES string of the molecule is CC(=O)c1ccccc1NC(=O)COC(=O)c1c(-c2c(F)cccc2Cl)noc1C. The maximum absolute atomic E-state index is 14.2. The lowest BCUT2D eigenvalue weighted by atomic mass is 10.1. The zero-order valence-corrected chi connectivity index (χ0v) is 16.7. The predicted octanol–water partition coefficient (Wildman–Crippen LogP) is 4.44. The maximum atomic E-state index is 14.2. The van der Waals surface area contributed by atoms with E-state index in [4.69, 9.17) is 20.9 Å². The average Bonchev–Trinajstić information content (AvgIpc) is 3.07. The first-order chi connectivity index (χ1) is 14.3. The molecule has 154 valence electrons. The number of ketones is 1. The van der Waals surface area contributed by atoms with Crippen molar-refractivity contribution in [3.63, 3.8) is 0 Å². The van der Waals surface area contributed by atoms with E-state index in [-0.39, 0.29) is 33.4 Å². The molecule has 1 amide bonds. The third-order valence-corrected chi connectivity index (χ3v) is 4.50. The molecule has 0 saturated heterocycles. The molecule has 0 aliphatic heterocycles. The molecule has 0 saturated carbocycles. The lowest BCUT2D eigenvalue weighted by Gasteiger charge is -2.10. The van der Waals surface area contributed by atoms with Gasteiger partial charge in [-0.25, -0.2) is 9.18 Å². The van der Waals surface area contributed by atoms with E-state index in [9.17, 15) is 18.8 Å². The molecule has 0 unspecified atom stereocenters. The van der Waals surface area contributed by atoms with Crippen LogP contribution in [-0.4, -0.2) is 29.4 Å². The van der Waals surface area contributed by atoms with Gasteiger partial charge in [0, 0.05) is 5.56 Å². The predicted molar refractivity (Wildman–Crippen MR) is 107 cm³/mol. The number of aromatic nitrogens is 1. The molecule has 9 heteroatoms. The summed E-state index contributed by atoms with van der Waals surface area (Å²) in [5.41, 5.74) is 0.249. The minimum Gasteiger partial charge on any atom is -0.452 e. The van der Waals surface area contributed by atoms with Crippen LogP contribution >= 0.6 is 11.6 Å². The van der Waals surface area contributed by atoms with Crippen LogP contribution in [-0.2, 0) is 9.53 Å². The van der Waals surface area contributed by atoms with Crippen LogP contribution in [0.4, 0.5) is 10.1 Å². The summed E-state index contributed by atoms with van der Waals surface area (Å²) < 4.78 is 24.3. The zero-order chi connectivity index (χ0) is 21.8. The van der Waals surface area contributed by atoms with E-state index in [1.807, 2.05) is 0 Å². The Bertz CT molecular complexity index is 1120. The average molecular weight is 431 g/mol. The molecule has 0 fully saturated rings. The highest BCUT2D eigenvalue weighted by atomic mass is 35.5. The number of ether oxygens (including phenoxy) is 1. The number of esters is 1. The number of nitrogens with one attached hydrogen (secondary N) is 1. The van der Waals surface area contributed by atoms with Gasteiger partial charge in [-0.15, -0.1) is 0 Å². The van der Waals surface area contributed by atoms with E-state index in [2.05, 4.69) is 10.5 Å². The molecule has 0 spiro atoms. The van der Waals surface area contributed by atoms with Gasteiger partial charge in [0.25, 0.3) is 5.91 Å². The van der Waals surface area contributed by atoms with Gasteiger partial charge in [0.05, 0.1) is 16.3 Å². The van der Waals surface area contributed by atoms with Crippen molar-refractivity contribution in [2.24, 2.45) is 0 Å². The topological polar surface area (TPSA) is 98.5 Å². The lowest BCUT2D eigenvalue weighted by Crippen LogP contribution is -2.22. The molecule has 1 N–H and O–H groups in total. The standard InChI is InChI=1S/C21H16ClFN2O5/c1-11(26)13-6-3-4-9-16(13)24-17(27)10-29-21(28)18-12(2)30-25-20(18)19-14(22)7-5-8-15(19)23/h3-9H,10H2,1-2H3,(H,24,27). The first-order valence-corrected chi connectivity index (χ1v) is 9.15. The van der Waals surface area contributed by atoms with Gasteiger partial charge in [-0.05, 0) is 38.1 Å². The number of nitrogens with zero attached hydrogens (tertiary/aromatic N) is 1. The fourth-order valence-corrected chi connectivity index (χ4v) is 3.05. The second-order valence-corrected chi connectivity index (χ2v) is 6.69. The summed E-state index contributed by atoms with van der Waals surface area (Å²) in [5, 5.41) is 6.27. The molecular weight excluding hydrogens is 415 g/mol. The van der Waals surface area contributed by atoms with E-state index >= 15 is 0 Å². The van der Waals surface area contributed by atoms with E-state index < -0.39 is 24.3 Å². The van der Waals surface area contributed by atoms with Gasteiger partial charge >= 0.3 is 5.97 Å². The van der Waals surface area contributed by atoms with Crippen molar-refractivity contribution >= 4 is 34.9 Å². The number of benzene rings is 2. The summed E-state index contributed by atoms with van der Waals surface area (Å²) in [4.78, 5) is 36.4. The van der Waals surface area contributed by atoms with Gasteiger partial charge in [0.15, 0.2) is 12.4 Å². The second-order valence-electron chi connectivity index (χ2n) is 6.29. The number of para-hydroxylation sites is 1. The summed E-state index contributed by atoms with van der Waals surface area (Å²) in [6, 6.07) is 10.5. The van der Waals surface area contributed by atoms with Crippen LogP contribution in [0.15, 0.2) is 47.0 Å². The van der Waals surface area contributed by atoms with Crippen LogP contribution in [0.3, 0.4) is 0 Å². The summed E-state index contributed by atoms with van der Waals surface area (Å²) in [7, 11) is 0. The monoisotopic (exact) mass is 430 g/mol. The van der Waals surface area contributed by atoms with Crippen molar-refractivity contribution in [2.75, 3.05) is 11.9 Å². The van der Waals surface area contributed by atoms with Gasteiger partial charge < -0.3 is 14.6 Å². The fraction of sp³-hybridized carbons (Fsp3) is 0.143. The fourth-order valence-electron chi connectivity index (χ4n) is 2.80. The van der Waals surface area contributed by atoms with Gasteiger partial charge in [0.1, 0.15) is 22.8 Å². The number of halogens is 2. The van der Waals surface area contributed by atoms with Gasteiger partial charge in [-0.3, -0.25) is 9.59 Å². The third kappa shape index (κ3) is 4.38. The number of aryl methyl sites for hydroxylation is 1. The van der Waals surface area contributed by atoms with Crippen LogP contribution < -0.4 is 5.32 Å². The van der Waals surface area contributed by atoms with Gasteiger partial charge in [-0.2, -0.15) is 0 Å². The van der Waals surface area contributed by atoms with Crippen molar-refractivity contribution in [1.29, 1.82) is 0 Å². The van der Waals surface area contributed by atoms with Crippen molar-refractivity contribution < 1.29 is 28.0 Å². The molecule has 0 bridgehead atoms. The van der Waals surface area contributed by atoms with Gasteiger partial charge in [-0.1, -0.05) is 35.0 Å². The number of hydrogen-bond donors (Lipinski definition) is 1. The van der Waals surface area contributed by atoms with Crippen molar-refractivity contribution in [2.45, 2.75) is 13.8 Å². The first-order valence-electron chi connectivity index (χ1n) is 8.77. The third-order valence-electron chi connectivity index (χ3n) is 4.18. The van der Waals surface area contributed by atoms with Crippen LogP contribution in [0.1, 0.15) is 33.4 Å². The second kappa shape index (κ2) is 8.87. The van der Waals surface area contributed by atoms with Crippen molar-refractivity contribution in [3.05, 3.63) is 70.2 Å². The van der Waals surface area contributed by atoms with Gasteiger partial charge in [0.2, 0.25) is 0 Å². The van der Waals surface area contributed by atoms with Crippen LogP contribution in [0, 0.1) is 12.7 Å². The summed E-state index contributed by atoms with van der Waals surface area (Å²) in [6.07, 6.45) is 0. The minimum atomic E-state index is -0.932. The quantitative estimate of drug-likeness (QED) is 0.458. The van der Waals surface area contributed by atoms with Crippen LogP contribution in [0.5, 0.6) is 0 Å². The molecule has 2 aromatic carbocycles. The molecule has 1 aromatic heterocycles. The molecule has 3 aromatic rings. The number of Topliss-reactive ketones (excluding diaryl/α,β-unsaturated/α-hetero) is 1. The summed E-state index contributed by atoms with van der Waals surface area (Å²) in [6.45, 7) is 2.18. The van der Waals surface area contributed by atoms with E-state index in [0.29, 0.717) is 11.3 Å². The highest BCUT2D eigenvalue weighted by Crippen LogP contribution is 2.33. The Labute approximate surface area is 175 Å². The summed E-state index contributed by atoms with van der Waals surface area (Å²) in [5.74, 6) is -2.43. The van der Waals surface area contributed by atoms with Crippen LogP contribution in [0.25, 0.3) is 11.3 Å². The number of anilines is 1. The molecule has 7 nitrogen and oxygen atoms in total. The largest absolute Gasteiger partial charge is 0.452 e. The molecular formula is C21H16ClFN2O5. The maximum Gasteiger partial charge on any atom is 0.344 e. The zero-order valence-electron chi connectivity index (χ0n) is 16.0. The normalized spacial score (nSPS) is 10.5. The summed E-state index contributed by atoms with van der Waals surface area (Å²) >= 11 is 6.04. The highest BCUT2D eigenvalue weighted by molar-refractivity contribution is 6.33. The number of hydrogen-bond acceptors (Lipinski definition) is 6. The molecule has 3 rings (SSSR count). The van der Waals surface area contributed by atoms with Crippen molar-refractivity contribution in [3.8, 4) is 11.3 Å². The smallest absolute Gasteiger partial charge is 0.344 e. The molecule has 0 aliphatic rings. The molecule has 0 atom stereocenters. The number of carbonyl (C=O) groups excluding carboxylic acids is 3. The number of carbonyl (C=O) groups is 3.